The Morgan fingerprint density at radius 2 is 1.65 bits per heavy atom. The maximum absolute atomic E-state index is 6.05. The lowest BCUT2D eigenvalue weighted by Gasteiger charge is -2.32. The zero-order valence-electron chi connectivity index (χ0n) is 16.7. The average Bonchev–Trinajstić information content (AvgIpc) is 2.83. The van der Waals surface area contributed by atoms with Crippen molar-refractivity contribution in [2.24, 2.45) is 0 Å². The SMILES string of the molecule is CN(CCCN1CCOCC1)c1ncc(B2OC(C)(C)C(C)(C)O2)cn1. The van der Waals surface area contributed by atoms with E-state index in [1.807, 2.05) is 47.1 Å². The number of rotatable bonds is 6. The van der Waals surface area contributed by atoms with E-state index in [9.17, 15) is 0 Å². The van der Waals surface area contributed by atoms with Gasteiger partial charge in [0.2, 0.25) is 5.95 Å². The van der Waals surface area contributed by atoms with E-state index in [2.05, 4.69) is 19.8 Å². The van der Waals surface area contributed by atoms with Crippen molar-refractivity contribution in [3.63, 3.8) is 0 Å². The third-order valence-electron chi connectivity index (χ3n) is 5.60. The topological polar surface area (TPSA) is 60.0 Å². The van der Waals surface area contributed by atoms with Gasteiger partial charge in [-0.15, -0.1) is 0 Å². The molecular weight excluding hydrogens is 331 g/mol. The molecule has 0 amide bonds. The van der Waals surface area contributed by atoms with Crippen molar-refractivity contribution >= 4 is 18.5 Å². The van der Waals surface area contributed by atoms with Gasteiger partial charge in [0.1, 0.15) is 0 Å². The highest BCUT2D eigenvalue weighted by atomic mass is 16.7. The van der Waals surface area contributed by atoms with Crippen LogP contribution in [0.15, 0.2) is 12.4 Å². The van der Waals surface area contributed by atoms with Crippen LogP contribution < -0.4 is 10.4 Å². The molecule has 0 saturated carbocycles. The Morgan fingerprint density at radius 1 is 1.08 bits per heavy atom. The number of anilines is 1. The lowest BCUT2D eigenvalue weighted by Crippen LogP contribution is -2.41. The number of ether oxygens (including phenoxy) is 1. The monoisotopic (exact) mass is 362 g/mol. The molecule has 2 fully saturated rings. The number of hydrogen-bond acceptors (Lipinski definition) is 7. The Morgan fingerprint density at radius 3 is 2.23 bits per heavy atom. The van der Waals surface area contributed by atoms with Gasteiger partial charge < -0.3 is 18.9 Å². The molecule has 2 aliphatic rings. The molecule has 0 aliphatic carbocycles. The quantitative estimate of drug-likeness (QED) is 0.698. The second-order valence-electron chi connectivity index (χ2n) is 8.13. The summed E-state index contributed by atoms with van der Waals surface area (Å²) in [6.45, 7) is 13.9. The summed E-state index contributed by atoms with van der Waals surface area (Å²) in [6.07, 6.45) is 4.70. The van der Waals surface area contributed by atoms with Crippen LogP contribution >= 0.6 is 0 Å². The van der Waals surface area contributed by atoms with Crippen LogP contribution in [0, 0.1) is 0 Å². The minimum atomic E-state index is -0.416. The van der Waals surface area contributed by atoms with Gasteiger partial charge >= 0.3 is 7.12 Å². The van der Waals surface area contributed by atoms with Crippen molar-refractivity contribution in [1.29, 1.82) is 0 Å². The number of morpholine rings is 1. The number of aromatic nitrogens is 2. The van der Waals surface area contributed by atoms with Gasteiger partial charge in [-0.2, -0.15) is 0 Å². The standard InChI is InChI=1S/C18H31BN4O3/c1-17(2)18(3,4)26-19(25-17)15-13-20-16(21-14-15)22(5)7-6-8-23-9-11-24-12-10-23/h13-14H,6-12H2,1-5H3. The van der Waals surface area contributed by atoms with Gasteiger partial charge in [0, 0.05) is 51.1 Å². The van der Waals surface area contributed by atoms with Crippen LogP contribution in [-0.4, -0.2) is 79.6 Å². The first-order chi connectivity index (χ1) is 12.3. The van der Waals surface area contributed by atoms with Crippen LogP contribution in [-0.2, 0) is 14.0 Å². The maximum Gasteiger partial charge on any atom is 0.498 e. The molecule has 0 aromatic carbocycles. The molecule has 3 rings (SSSR count). The molecule has 26 heavy (non-hydrogen) atoms. The highest BCUT2D eigenvalue weighted by Crippen LogP contribution is 2.36. The molecule has 0 radical (unpaired) electrons. The van der Waals surface area contributed by atoms with E-state index in [1.165, 1.54) is 0 Å². The Kier molecular flexibility index (Phi) is 5.86. The molecule has 3 heterocycles. The molecule has 0 atom stereocenters. The highest BCUT2D eigenvalue weighted by Gasteiger charge is 2.51. The van der Waals surface area contributed by atoms with Crippen LogP contribution in [0.5, 0.6) is 0 Å². The molecule has 2 aliphatic heterocycles. The van der Waals surface area contributed by atoms with Crippen molar-refractivity contribution in [1.82, 2.24) is 14.9 Å². The van der Waals surface area contributed by atoms with Crippen molar-refractivity contribution < 1.29 is 14.0 Å². The van der Waals surface area contributed by atoms with Gasteiger partial charge in [-0.05, 0) is 34.1 Å². The van der Waals surface area contributed by atoms with Crippen molar-refractivity contribution in [2.45, 2.75) is 45.3 Å². The largest absolute Gasteiger partial charge is 0.498 e. The van der Waals surface area contributed by atoms with Crippen LogP contribution in [0.25, 0.3) is 0 Å². The lowest BCUT2D eigenvalue weighted by molar-refractivity contribution is 0.00578. The molecule has 8 heteroatoms. The predicted octanol–water partition coefficient (Wildman–Crippen LogP) is 0.934. The highest BCUT2D eigenvalue weighted by molar-refractivity contribution is 6.61. The fourth-order valence-corrected chi connectivity index (χ4v) is 3.09. The van der Waals surface area contributed by atoms with E-state index in [1.54, 1.807) is 0 Å². The van der Waals surface area contributed by atoms with E-state index in [0.29, 0.717) is 0 Å². The third kappa shape index (κ3) is 4.36. The summed E-state index contributed by atoms with van der Waals surface area (Å²) in [6, 6.07) is 0. The fourth-order valence-electron chi connectivity index (χ4n) is 3.09. The third-order valence-corrected chi connectivity index (χ3v) is 5.60. The zero-order chi connectivity index (χ0) is 18.8. The molecule has 0 N–H and O–H groups in total. The molecule has 2 saturated heterocycles. The normalized spacial score (nSPS) is 22.6. The molecule has 0 bridgehead atoms. The van der Waals surface area contributed by atoms with Gasteiger partial charge in [0.05, 0.1) is 24.4 Å². The Bertz CT molecular complexity index is 575. The smallest absolute Gasteiger partial charge is 0.399 e. The Balaban J connectivity index is 1.51. The van der Waals surface area contributed by atoms with E-state index in [4.69, 9.17) is 14.0 Å². The van der Waals surface area contributed by atoms with Gasteiger partial charge in [-0.25, -0.2) is 9.97 Å². The first-order valence-corrected chi connectivity index (χ1v) is 9.47. The minimum Gasteiger partial charge on any atom is -0.399 e. The van der Waals surface area contributed by atoms with Crippen LogP contribution in [0.3, 0.4) is 0 Å². The molecule has 144 valence electrons. The van der Waals surface area contributed by atoms with Crippen LogP contribution in [0.2, 0.25) is 0 Å². The average molecular weight is 362 g/mol. The van der Waals surface area contributed by atoms with E-state index in [-0.39, 0.29) is 11.2 Å². The summed E-state index contributed by atoms with van der Waals surface area (Å²) < 4.78 is 17.5. The van der Waals surface area contributed by atoms with Gasteiger partial charge in [0.15, 0.2) is 0 Å². The summed E-state index contributed by atoms with van der Waals surface area (Å²) in [5.74, 6) is 0.729. The molecule has 0 spiro atoms. The fraction of sp³-hybridized carbons (Fsp3) is 0.778. The summed E-state index contributed by atoms with van der Waals surface area (Å²) >= 11 is 0. The summed E-state index contributed by atoms with van der Waals surface area (Å²) in [5, 5.41) is 0. The van der Waals surface area contributed by atoms with Gasteiger partial charge in [0.25, 0.3) is 0 Å². The summed E-state index contributed by atoms with van der Waals surface area (Å²) in [7, 11) is 1.61. The second-order valence-corrected chi connectivity index (χ2v) is 8.13. The zero-order valence-corrected chi connectivity index (χ0v) is 16.7. The molecule has 7 nitrogen and oxygen atoms in total. The van der Waals surface area contributed by atoms with E-state index in [0.717, 1.165) is 57.2 Å². The number of nitrogens with zero attached hydrogens (tertiary/aromatic N) is 4. The summed E-state index contributed by atoms with van der Waals surface area (Å²) in [5.41, 5.74) is 0.147. The summed E-state index contributed by atoms with van der Waals surface area (Å²) in [4.78, 5) is 13.5. The van der Waals surface area contributed by atoms with Crippen molar-refractivity contribution in [3.8, 4) is 0 Å². The van der Waals surface area contributed by atoms with Gasteiger partial charge in [-0.1, -0.05) is 0 Å². The van der Waals surface area contributed by atoms with Crippen molar-refractivity contribution in [2.75, 3.05) is 51.3 Å². The first kappa shape index (κ1) is 19.5. The lowest BCUT2D eigenvalue weighted by atomic mass is 9.81. The Hall–Kier alpha value is -1.22. The van der Waals surface area contributed by atoms with Gasteiger partial charge in [-0.3, -0.25) is 4.90 Å². The maximum atomic E-state index is 6.05. The van der Waals surface area contributed by atoms with Crippen molar-refractivity contribution in [3.05, 3.63) is 12.4 Å². The van der Waals surface area contributed by atoms with E-state index < -0.39 is 7.12 Å². The molecule has 1 aromatic rings. The second kappa shape index (κ2) is 7.80. The number of hydrogen-bond donors (Lipinski definition) is 0. The van der Waals surface area contributed by atoms with E-state index >= 15 is 0 Å². The minimum absolute atomic E-state index is 0.355. The first-order valence-electron chi connectivity index (χ1n) is 9.47. The predicted molar refractivity (Wildman–Crippen MR) is 103 cm³/mol. The van der Waals surface area contributed by atoms with Crippen LogP contribution in [0.4, 0.5) is 5.95 Å². The molecule has 0 unspecified atom stereocenters. The van der Waals surface area contributed by atoms with Crippen LogP contribution in [0.1, 0.15) is 34.1 Å². The Labute approximate surface area is 157 Å². The molecular formula is C18H31BN4O3. The molecule has 1 aromatic heterocycles.